The second-order valence-electron chi connectivity index (χ2n) is 6.42. The zero-order valence-electron chi connectivity index (χ0n) is 12.3. The molecule has 1 aromatic rings. The molecule has 1 heterocycles. The van der Waals surface area contributed by atoms with Gasteiger partial charge >= 0.3 is 0 Å². The summed E-state index contributed by atoms with van der Waals surface area (Å²) in [4.78, 5) is 14.8. The van der Waals surface area contributed by atoms with Crippen LogP contribution in [-0.2, 0) is 0 Å². The molecule has 0 aromatic heterocycles. The van der Waals surface area contributed by atoms with Crippen LogP contribution < -0.4 is 5.73 Å². The lowest BCUT2D eigenvalue weighted by Crippen LogP contribution is -2.44. The second-order valence-corrected chi connectivity index (χ2v) is 6.42. The predicted octanol–water partition coefficient (Wildman–Crippen LogP) is 3.23. The van der Waals surface area contributed by atoms with Crippen molar-refractivity contribution in [1.29, 1.82) is 0 Å². The van der Waals surface area contributed by atoms with Gasteiger partial charge in [-0.15, -0.1) is 0 Å². The Balaban J connectivity index is 1.76. The van der Waals surface area contributed by atoms with Gasteiger partial charge < -0.3 is 10.6 Å². The van der Waals surface area contributed by atoms with Gasteiger partial charge in [-0.1, -0.05) is 25.3 Å². The maximum atomic E-state index is 12.7. The third kappa shape index (κ3) is 2.54. The van der Waals surface area contributed by atoms with Gasteiger partial charge in [-0.3, -0.25) is 4.79 Å². The van der Waals surface area contributed by atoms with Crippen LogP contribution in [0.1, 0.15) is 48.0 Å². The highest BCUT2D eigenvalue weighted by Crippen LogP contribution is 2.36. The number of nitrogens with zero attached hydrogens (tertiary/aromatic N) is 1. The van der Waals surface area contributed by atoms with Crippen molar-refractivity contribution in [2.45, 2.75) is 39.0 Å². The van der Waals surface area contributed by atoms with E-state index in [-0.39, 0.29) is 5.91 Å². The van der Waals surface area contributed by atoms with Crippen molar-refractivity contribution in [1.82, 2.24) is 4.90 Å². The summed E-state index contributed by atoms with van der Waals surface area (Å²) in [5.41, 5.74) is 8.30. The molecule has 2 unspecified atom stereocenters. The van der Waals surface area contributed by atoms with Crippen LogP contribution in [0.4, 0.5) is 5.69 Å². The Morgan fingerprint density at radius 1 is 1.20 bits per heavy atom. The van der Waals surface area contributed by atoms with Gasteiger partial charge in [0, 0.05) is 24.3 Å². The maximum Gasteiger partial charge on any atom is 0.254 e. The molecule has 20 heavy (non-hydrogen) atoms. The minimum Gasteiger partial charge on any atom is -0.399 e. The number of likely N-dealkylation sites (tertiary alicyclic amines) is 1. The number of carbonyl (C=O) groups is 1. The molecule has 0 spiro atoms. The number of nitrogen functional groups attached to an aromatic ring is 1. The molecule has 2 aliphatic rings. The Hall–Kier alpha value is -1.51. The molecule has 1 saturated carbocycles. The molecule has 0 bridgehead atoms. The highest BCUT2D eigenvalue weighted by atomic mass is 16.2. The summed E-state index contributed by atoms with van der Waals surface area (Å²) in [6, 6.07) is 5.63. The average molecular weight is 272 g/mol. The van der Waals surface area contributed by atoms with Crippen molar-refractivity contribution in [3.05, 3.63) is 29.3 Å². The van der Waals surface area contributed by atoms with E-state index in [4.69, 9.17) is 5.73 Å². The van der Waals surface area contributed by atoms with Crippen LogP contribution in [0.3, 0.4) is 0 Å². The van der Waals surface area contributed by atoms with Gasteiger partial charge in [-0.25, -0.2) is 0 Å². The topological polar surface area (TPSA) is 46.3 Å². The molecule has 3 heteroatoms. The van der Waals surface area contributed by atoms with E-state index >= 15 is 0 Å². The number of amides is 1. The molecular formula is C17H24N2O. The number of aryl methyl sites for hydroxylation is 1. The lowest BCUT2D eigenvalue weighted by molar-refractivity contribution is 0.0520. The first-order chi connectivity index (χ1) is 9.65. The minimum absolute atomic E-state index is 0.166. The number of hydrogen-bond acceptors (Lipinski definition) is 2. The normalized spacial score (nSPS) is 26.1. The summed E-state index contributed by atoms with van der Waals surface area (Å²) in [5, 5.41) is 0. The van der Waals surface area contributed by atoms with Crippen LogP contribution in [0.2, 0.25) is 0 Å². The lowest BCUT2D eigenvalue weighted by atomic mass is 9.75. The number of hydrogen-bond donors (Lipinski definition) is 1. The molecule has 108 valence electrons. The fourth-order valence-corrected chi connectivity index (χ4v) is 3.83. The van der Waals surface area contributed by atoms with E-state index in [0.717, 1.165) is 36.1 Å². The summed E-state index contributed by atoms with van der Waals surface area (Å²) in [6.07, 6.45) is 6.55. The Morgan fingerprint density at radius 3 is 2.75 bits per heavy atom. The van der Waals surface area contributed by atoms with Crippen LogP contribution in [0.15, 0.2) is 18.2 Å². The monoisotopic (exact) mass is 272 g/mol. The minimum atomic E-state index is 0.166. The molecule has 1 aliphatic carbocycles. The third-order valence-corrected chi connectivity index (χ3v) is 5.07. The molecular weight excluding hydrogens is 248 g/mol. The van der Waals surface area contributed by atoms with Crippen LogP contribution in [0.5, 0.6) is 0 Å². The lowest BCUT2D eigenvalue weighted by Gasteiger charge is -2.41. The Morgan fingerprint density at radius 2 is 1.95 bits per heavy atom. The third-order valence-electron chi connectivity index (χ3n) is 5.07. The average Bonchev–Trinajstić information content (AvgIpc) is 2.48. The van der Waals surface area contributed by atoms with Crippen molar-refractivity contribution >= 4 is 11.6 Å². The van der Waals surface area contributed by atoms with E-state index in [1.54, 1.807) is 0 Å². The maximum absolute atomic E-state index is 12.7. The van der Waals surface area contributed by atoms with Gasteiger partial charge in [0.15, 0.2) is 0 Å². The summed E-state index contributed by atoms with van der Waals surface area (Å²) >= 11 is 0. The fraction of sp³-hybridized carbons (Fsp3) is 0.588. The molecule has 0 radical (unpaired) electrons. The van der Waals surface area contributed by atoms with Gasteiger partial charge in [-0.2, -0.15) is 0 Å². The molecule has 2 atom stereocenters. The van der Waals surface area contributed by atoms with Crippen molar-refractivity contribution < 1.29 is 4.79 Å². The smallest absolute Gasteiger partial charge is 0.254 e. The standard InChI is InChI=1S/C17H24N2O/c1-12-6-7-15(18)10-16(12)17(20)19-9-8-13-4-2-3-5-14(13)11-19/h6-7,10,13-14H,2-5,8-9,11,18H2,1H3. The van der Waals surface area contributed by atoms with E-state index in [1.807, 2.05) is 30.0 Å². The first kappa shape index (κ1) is 13.5. The molecule has 1 saturated heterocycles. The van der Waals surface area contributed by atoms with Gasteiger partial charge in [-0.05, 0) is 49.3 Å². The largest absolute Gasteiger partial charge is 0.399 e. The van der Waals surface area contributed by atoms with Gasteiger partial charge in [0.2, 0.25) is 0 Å². The predicted molar refractivity (Wildman–Crippen MR) is 81.6 cm³/mol. The van der Waals surface area contributed by atoms with Crippen LogP contribution in [0, 0.1) is 18.8 Å². The van der Waals surface area contributed by atoms with Crippen molar-refractivity contribution in [2.24, 2.45) is 11.8 Å². The quantitative estimate of drug-likeness (QED) is 0.798. The Bertz CT molecular complexity index is 512. The summed E-state index contributed by atoms with van der Waals surface area (Å²) in [5.74, 6) is 1.75. The van der Waals surface area contributed by atoms with Gasteiger partial charge in [0.05, 0.1) is 0 Å². The highest BCUT2D eigenvalue weighted by molar-refractivity contribution is 5.96. The van der Waals surface area contributed by atoms with Gasteiger partial charge in [0.25, 0.3) is 5.91 Å². The van der Waals surface area contributed by atoms with E-state index in [0.29, 0.717) is 5.69 Å². The Labute approximate surface area is 121 Å². The first-order valence-electron chi connectivity index (χ1n) is 7.80. The first-order valence-corrected chi connectivity index (χ1v) is 7.80. The molecule has 2 N–H and O–H groups in total. The number of nitrogens with two attached hydrogens (primary N) is 1. The number of carbonyl (C=O) groups excluding carboxylic acids is 1. The molecule has 1 aliphatic heterocycles. The van der Waals surface area contributed by atoms with Crippen molar-refractivity contribution in [3.8, 4) is 0 Å². The molecule has 1 aromatic carbocycles. The number of anilines is 1. The van der Waals surface area contributed by atoms with E-state index < -0.39 is 0 Å². The number of benzene rings is 1. The zero-order chi connectivity index (χ0) is 14.1. The molecule has 3 rings (SSSR count). The van der Waals surface area contributed by atoms with E-state index in [9.17, 15) is 4.79 Å². The number of fused-ring (bicyclic) bond motifs is 1. The van der Waals surface area contributed by atoms with Gasteiger partial charge in [0.1, 0.15) is 0 Å². The van der Waals surface area contributed by atoms with Crippen LogP contribution in [-0.4, -0.2) is 23.9 Å². The second kappa shape index (κ2) is 5.47. The van der Waals surface area contributed by atoms with Crippen LogP contribution >= 0.6 is 0 Å². The molecule has 1 amide bonds. The SMILES string of the molecule is Cc1ccc(N)cc1C(=O)N1CCC2CCCCC2C1. The van der Waals surface area contributed by atoms with Crippen LogP contribution in [0.25, 0.3) is 0 Å². The summed E-state index contributed by atoms with van der Waals surface area (Å²) < 4.78 is 0. The number of piperidine rings is 1. The van der Waals surface area contributed by atoms with Crippen molar-refractivity contribution in [3.63, 3.8) is 0 Å². The molecule has 2 fully saturated rings. The Kier molecular flexibility index (Phi) is 3.68. The zero-order valence-corrected chi connectivity index (χ0v) is 12.3. The fourth-order valence-electron chi connectivity index (χ4n) is 3.83. The summed E-state index contributed by atoms with van der Waals surface area (Å²) in [7, 11) is 0. The van der Waals surface area contributed by atoms with E-state index in [1.165, 1.54) is 32.1 Å². The summed E-state index contributed by atoms with van der Waals surface area (Å²) in [6.45, 7) is 3.84. The highest BCUT2D eigenvalue weighted by Gasteiger charge is 2.33. The van der Waals surface area contributed by atoms with E-state index in [2.05, 4.69) is 0 Å². The number of rotatable bonds is 1. The van der Waals surface area contributed by atoms with Crippen molar-refractivity contribution in [2.75, 3.05) is 18.8 Å². The molecule has 3 nitrogen and oxygen atoms in total.